The molecular formula is C10H16N3Si+. The van der Waals surface area contributed by atoms with E-state index >= 15 is 0 Å². The highest BCUT2D eigenvalue weighted by atomic mass is 28.3. The second kappa shape index (κ2) is 3.20. The van der Waals surface area contributed by atoms with Crippen LogP contribution in [0.2, 0.25) is 19.6 Å². The van der Waals surface area contributed by atoms with Gasteiger partial charge in [0.1, 0.15) is 0 Å². The van der Waals surface area contributed by atoms with E-state index < -0.39 is 8.07 Å². The van der Waals surface area contributed by atoms with Crippen LogP contribution in [0, 0.1) is 0 Å². The molecule has 0 unspecified atom stereocenters. The minimum atomic E-state index is -1.09. The molecule has 2 rings (SSSR count). The summed E-state index contributed by atoms with van der Waals surface area (Å²) in [5, 5.41) is 7.33. The third-order valence-corrected chi connectivity index (χ3v) is 3.36. The molecule has 0 saturated heterocycles. The Balaban J connectivity index is 2.44. The van der Waals surface area contributed by atoms with Gasteiger partial charge in [-0.3, -0.25) is 0 Å². The molecule has 0 aliphatic rings. The molecule has 1 heterocycles. The van der Waals surface area contributed by atoms with Crippen LogP contribution in [0.15, 0.2) is 24.3 Å². The minimum Gasteiger partial charge on any atom is -0.159 e. The van der Waals surface area contributed by atoms with Crippen molar-refractivity contribution >= 4 is 19.1 Å². The van der Waals surface area contributed by atoms with E-state index in [-0.39, 0.29) is 0 Å². The number of aromatic amines is 1. The van der Waals surface area contributed by atoms with Crippen LogP contribution >= 0.6 is 0 Å². The molecule has 74 valence electrons. The molecule has 1 N–H and O–H groups in total. The zero-order valence-corrected chi connectivity index (χ0v) is 9.91. The first-order valence-corrected chi connectivity index (χ1v) is 8.60. The van der Waals surface area contributed by atoms with Crippen molar-refractivity contribution in [2.24, 2.45) is 0 Å². The van der Waals surface area contributed by atoms with Gasteiger partial charge in [0.05, 0.1) is 14.2 Å². The Hall–Kier alpha value is -1.16. The van der Waals surface area contributed by atoms with Crippen molar-refractivity contribution in [2.45, 2.75) is 25.8 Å². The van der Waals surface area contributed by atoms with Crippen LogP contribution < -0.4 is 4.68 Å². The van der Waals surface area contributed by atoms with Gasteiger partial charge in [0, 0.05) is 5.10 Å². The fraction of sp³-hybridized carbons (Fsp3) is 0.400. The predicted molar refractivity (Wildman–Crippen MR) is 59.6 cm³/mol. The molecule has 4 heteroatoms. The average Bonchev–Trinajstić information content (AvgIpc) is 2.47. The molecule has 1 aromatic carbocycles. The summed E-state index contributed by atoms with van der Waals surface area (Å²) < 4.78 is 2.15. The fourth-order valence-corrected chi connectivity index (χ4v) is 2.74. The molecule has 3 nitrogen and oxygen atoms in total. The molecule has 2 aromatic rings. The van der Waals surface area contributed by atoms with E-state index in [4.69, 9.17) is 0 Å². The lowest BCUT2D eigenvalue weighted by atomic mass is 10.3. The van der Waals surface area contributed by atoms with Gasteiger partial charge in [-0.05, 0) is 12.1 Å². The van der Waals surface area contributed by atoms with E-state index in [1.807, 2.05) is 12.1 Å². The summed E-state index contributed by atoms with van der Waals surface area (Å²) in [5.41, 5.74) is 2.25. The fourth-order valence-electron chi connectivity index (χ4n) is 1.55. The molecule has 0 spiro atoms. The van der Waals surface area contributed by atoms with Crippen LogP contribution in [0.25, 0.3) is 11.0 Å². The number of benzene rings is 1. The molecule has 0 atom stereocenters. The highest BCUT2D eigenvalue weighted by Gasteiger charge is 2.21. The van der Waals surface area contributed by atoms with E-state index in [9.17, 15) is 0 Å². The number of hydrogen-bond acceptors (Lipinski definition) is 1. The lowest BCUT2D eigenvalue weighted by Gasteiger charge is -2.11. The van der Waals surface area contributed by atoms with Gasteiger partial charge in [-0.25, -0.2) is 0 Å². The van der Waals surface area contributed by atoms with Crippen molar-refractivity contribution in [3.8, 4) is 0 Å². The van der Waals surface area contributed by atoms with Crippen LogP contribution in [-0.4, -0.2) is 18.4 Å². The Labute approximate surface area is 84.7 Å². The summed E-state index contributed by atoms with van der Waals surface area (Å²) in [5.74, 6) is 0. The van der Waals surface area contributed by atoms with E-state index in [1.165, 1.54) is 5.52 Å². The lowest BCUT2D eigenvalue weighted by Crippen LogP contribution is -2.47. The normalized spacial score (nSPS) is 12.2. The number of H-pyrrole nitrogens is 1. The number of hydrogen-bond donors (Lipinski definition) is 1. The van der Waals surface area contributed by atoms with Gasteiger partial charge < -0.3 is 0 Å². The maximum Gasteiger partial charge on any atom is 0.248 e. The van der Waals surface area contributed by atoms with Crippen LogP contribution in [0.3, 0.4) is 0 Å². The van der Waals surface area contributed by atoms with Crippen molar-refractivity contribution in [3.05, 3.63) is 24.3 Å². The Morgan fingerprint density at radius 1 is 1.29 bits per heavy atom. The number of fused-ring (bicyclic) bond motifs is 1. The number of rotatable bonds is 2. The highest BCUT2D eigenvalue weighted by Crippen LogP contribution is 2.06. The van der Waals surface area contributed by atoms with Crippen LogP contribution in [-0.2, 0) is 6.17 Å². The number of nitrogens with zero attached hydrogens (tertiary/aromatic N) is 2. The van der Waals surface area contributed by atoms with Crippen molar-refractivity contribution in [2.75, 3.05) is 0 Å². The summed E-state index contributed by atoms with van der Waals surface area (Å²) in [4.78, 5) is 0. The van der Waals surface area contributed by atoms with Gasteiger partial charge in [0.2, 0.25) is 5.52 Å². The van der Waals surface area contributed by atoms with Crippen LogP contribution in [0.4, 0.5) is 0 Å². The zero-order chi connectivity index (χ0) is 10.2. The maximum absolute atomic E-state index is 4.26. The Morgan fingerprint density at radius 2 is 2.00 bits per heavy atom. The molecule has 0 amide bonds. The molecule has 0 aliphatic carbocycles. The Bertz CT molecular complexity index is 442. The highest BCUT2D eigenvalue weighted by molar-refractivity contribution is 6.74. The standard InChI is InChI=1S/C10H15N3Si/c1-14(2,3)8-13-10-7-5-4-6-9(10)11-12-13/h4-7H,8H2,1-3H3/p+1. The van der Waals surface area contributed by atoms with E-state index in [0.29, 0.717) is 0 Å². The quantitative estimate of drug-likeness (QED) is 0.589. The van der Waals surface area contributed by atoms with Crippen molar-refractivity contribution < 1.29 is 4.68 Å². The Morgan fingerprint density at radius 3 is 2.71 bits per heavy atom. The van der Waals surface area contributed by atoms with Gasteiger partial charge >= 0.3 is 0 Å². The van der Waals surface area contributed by atoms with Crippen molar-refractivity contribution in [1.29, 1.82) is 0 Å². The Kier molecular flexibility index (Phi) is 2.15. The summed E-state index contributed by atoms with van der Waals surface area (Å²) >= 11 is 0. The van der Waals surface area contributed by atoms with Gasteiger partial charge in [0.25, 0.3) is 0 Å². The number of para-hydroxylation sites is 2. The largest absolute Gasteiger partial charge is 0.248 e. The molecule has 0 saturated carbocycles. The first-order valence-electron chi connectivity index (χ1n) is 4.89. The third kappa shape index (κ3) is 1.85. The molecular weight excluding hydrogens is 190 g/mol. The molecule has 0 aliphatic heterocycles. The molecule has 0 radical (unpaired) electrons. The second-order valence-electron chi connectivity index (χ2n) is 4.85. The second-order valence-corrected chi connectivity index (χ2v) is 10.3. The van der Waals surface area contributed by atoms with E-state index in [0.717, 1.165) is 11.7 Å². The van der Waals surface area contributed by atoms with Gasteiger partial charge in [-0.1, -0.05) is 37.0 Å². The van der Waals surface area contributed by atoms with E-state index in [2.05, 4.69) is 46.8 Å². The SMILES string of the molecule is C[Si](C)(C)C[n+]1[nH]nc2ccccc21. The average molecular weight is 206 g/mol. The summed E-state index contributed by atoms with van der Waals surface area (Å²) in [6, 6.07) is 8.21. The van der Waals surface area contributed by atoms with Crippen molar-refractivity contribution in [3.63, 3.8) is 0 Å². The smallest absolute Gasteiger partial charge is 0.159 e. The van der Waals surface area contributed by atoms with Gasteiger partial charge in [-0.15, -0.1) is 0 Å². The minimum absolute atomic E-state index is 1.05. The predicted octanol–water partition coefficient (Wildman–Crippen LogP) is 1.73. The number of aromatic nitrogens is 3. The molecule has 0 fully saturated rings. The molecule has 14 heavy (non-hydrogen) atoms. The summed E-state index contributed by atoms with van der Waals surface area (Å²) in [6.07, 6.45) is 1.09. The first kappa shape index (κ1) is 9.39. The monoisotopic (exact) mass is 206 g/mol. The van der Waals surface area contributed by atoms with Crippen molar-refractivity contribution in [1.82, 2.24) is 10.3 Å². The molecule has 0 bridgehead atoms. The topological polar surface area (TPSA) is 32.6 Å². The maximum atomic E-state index is 4.26. The summed E-state index contributed by atoms with van der Waals surface area (Å²) in [6.45, 7) is 7.07. The number of nitrogens with one attached hydrogen (secondary N) is 1. The van der Waals surface area contributed by atoms with Gasteiger partial charge in [0.15, 0.2) is 5.52 Å². The van der Waals surface area contributed by atoms with Crippen LogP contribution in [0.5, 0.6) is 0 Å². The third-order valence-electron chi connectivity index (χ3n) is 2.10. The lowest BCUT2D eigenvalue weighted by molar-refractivity contribution is -0.715. The summed E-state index contributed by atoms with van der Waals surface area (Å²) in [7, 11) is -1.09. The zero-order valence-electron chi connectivity index (χ0n) is 8.91. The van der Waals surface area contributed by atoms with E-state index in [1.54, 1.807) is 0 Å². The van der Waals surface area contributed by atoms with Gasteiger partial charge in [-0.2, -0.15) is 4.68 Å². The first-order chi connectivity index (χ1) is 6.56. The van der Waals surface area contributed by atoms with Crippen LogP contribution in [0.1, 0.15) is 0 Å². The molecule has 1 aromatic heterocycles.